The monoisotopic (exact) mass is 268 g/mol. The molecular formula is C16H14NO3-. The summed E-state index contributed by atoms with van der Waals surface area (Å²) < 4.78 is 0. The quantitative estimate of drug-likeness (QED) is 0.924. The zero-order valence-corrected chi connectivity index (χ0v) is 11.3. The Morgan fingerprint density at radius 3 is 2.40 bits per heavy atom. The molecule has 1 amide bonds. The number of aryl methyl sites for hydroxylation is 1. The van der Waals surface area contributed by atoms with Crippen molar-refractivity contribution in [1.29, 1.82) is 0 Å². The molecule has 2 aromatic carbocycles. The van der Waals surface area contributed by atoms with Crippen molar-refractivity contribution in [3.05, 3.63) is 64.7 Å². The van der Waals surface area contributed by atoms with E-state index in [-0.39, 0.29) is 11.5 Å². The van der Waals surface area contributed by atoms with Gasteiger partial charge in [-0.25, -0.2) is 0 Å². The zero-order valence-electron chi connectivity index (χ0n) is 11.3. The fourth-order valence-corrected chi connectivity index (χ4v) is 1.97. The normalized spacial score (nSPS) is 10.1. The summed E-state index contributed by atoms with van der Waals surface area (Å²) in [5.41, 5.74) is 2.54. The summed E-state index contributed by atoms with van der Waals surface area (Å²) in [6, 6.07) is 11.9. The van der Waals surface area contributed by atoms with Gasteiger partial charge >= 0.3 is 0 Å². The first-order valence-electron chi connectivity index (χ1n) is 6.18. The Balaban J connectivity index is 2.29. The number of aromatic carboxylic acids is 1. The molecule has 1 N–H and O–H groups in total. The number of anilines is 1. The van der Waals surface area contributed by atoms with Gasteiger partial charge in [0.25, 0.3) is 5.91 Å². The number of benzene rings is 2. The minimum atomic E-state index is -1.26. The van der Waals surface area contributed by atoms with E-state index in [4.69, 9.17) is 0 Å². The van der Waals surface area contributed by atoms with Crippen molar-refractivity contribution in [2.45, 2.75) is 13.8 Å². The van der Waals surface area contributed by atoms with Gasteiger partial charge in [0.15, 0.2) is 0 Å². The lowest BCUT2D eigenvalue weighted by atomic mass is 10.1. The molecule has 4 heteroatoms. The van der Waals surface area contributed by atoms with E-state index in [0.717, 1.165) is 5.56 Å². The van der Waals surface area contributed by atoms with Crippen molar-refractivity contribution in [3.8, 4) is 0 Å². The predicted molar refractivity (Wildman–Crippen MR) is 74.6 cm³/mol. The minimum Gasteiger partial charge on any atom is -0.545 e. The second-order valence-electron chi connectivity index (χ2n) is 4.59. The molecule has 0 fully saturated rings. The predicted octanol–water partition coefficient (Wildman–Crippen LogP) is 1.92. The smallest absolute Gasteiger partial charge is 0.255 e. The van der Waals surface area contributed by atoms with Crippen LogP contribution in [-0.2, 0) is 0 Å². The fraction of sp³-hybridized carbons (Fsp3) is 0.125. The molecule has 0 radical (unpaired) electrons. The Bertz CT molecular complexity index is 677. The molecule has 20 heavy (non-hydrogen) atoms. The van der Waals surface area contributed by atoms with Crippen molar-refractivity contribution >= 4 is 17.6 Å². The van der Waals surface area contributed by atoms with E-state index in [1.165, 1.54) is 6.07 Å². The Hall–Kier alpha value is -2.62. The van der Waals surface area contributed by atoms with E-state index >= 15 is 0 Å². The number of hydrogen-bond donors (Lipinski definition) is 1. The van der Waals surface area contributed by atoms with Crippen LogP contribution in [0.15, 0.2) is 42.5 Å². The summed E-state index contributed by atoms with van der Waals surface area (Å²) in [5, 5.41) is 13.7. The number of carbonyl (C=O) groups is 2. The highest BCUT2D eigenvalue weighted by Crippen LogP contribution is 2.19. The molecule has 0 aliphatic carbocycles. The number of rotatable bonds is 3. The maximum Gasteiger partial charge on any atom is 0.255 e. The summed E-state index contributed by atoms with van der Waals surface area (Å²) in [4.78, 5) is 23.1. The maximum absolute atomic E-state index is 12.1. The molecule has 0 aromatic heterocycles. The molecular weight excluding hydrogens is 254 g/mol. The number of amides is 1. The number of hydrogen-bond acceptors (Lipinski definition) is 3. The Morgan fingerprint density at radius 2 is 1.75 bits per heavy atom. The number of carbonyl (C=O) groups excluding carboxylic acids is 2. The van der Waals surface area contributed by atoms with E-state index < -0.39 is 5.97 Å². The van der Waals surface area contributed by atoms with Gasteiger partial charge in [-0.3, -0.25) is 4.79 Å². The third kappa shape index (κ3) is 2.85. The summed E-state index contributed by atoms with van der Waals surface area (Å²) in [6.07, 6.45) is 0. The van der Waals surface area contributed by atoms with E-state index in [1.807, 2.05) is 13.0 Å². The third-order valence-corrected chi connectivity index (χ3v) is 3.08. The third-order valence-electron chi connectivity index (χ3n) is 3.08. The standard InChI is InChI=1S/C16H15NO3/c1-10-5-3-6-12(9-10)15(18)17-14-8-4-7-13(11(14)2)16(19)20/h3-9H,1-2H3,(H,17,18)(H,19,20)/p-1. The highest BCUT2D eigenvalue weighted by atomic mass is 16.4. The zero-order chi connectivity index (χ0) is 14.7. The average Bonchev–Trinajstić information content (AvgIpc) is 2.40. The van der Waals surface area contributed by atoms with Gasteiger partial charge in [0, 0.05) is 16.8 Å². The highest BCUT2D eigenvalue weighted by Gasteiger charge is 2.10. The second-order valence-corrected chi connectivity index (χ2v) is 4.59. The van der Waals surface area contributed by atoms with Gasteiger partial charge in [-0.05, 0) is 37.6 Å². The Morgan fingerprint density at radius 1 is 1.05 bits per heavy atom. The van der Waals surface area contributed by atoms with Crippen molar-refractivity contribution in [3.63, 3.8) is 0 Å². The molecule has 0 saturated heterocycles. The van der Waals surface area contributed by atoms with Crippen LogP contribution >= 0.6 is 0 Å². The van der Waals surface area contributed by atoms with E-state index in [2.05, 4.69) is 5.32 Å². The molecule has 0 aliphatic rings. The average molecular weight is 268 g/mol. The molecule has 0 spiro atoms. The molecule has 0 aliphatic heterocycles. The molecule has 0 atom stereocenters. The molecule has 102 valence electrons. The van der Waals surface area contributed by atoms with Gasteiger partial charge in [-0.15, -0.1) is 0 Å². The van der Waals surface area contributed by atoms with Gasteiger partial charge < -0.3 is 15.2 Å². The van der Waals surface area contributed by atoms with Crippen LogP contribution in [0.25, 0.3) is 0 Å². The lowest BCUT2D eigenvalue weighted by Crippen LogP contribution is -2.24. The summed E-state index contributed by atoms with van der Waals surface area (Å²) in [5.74, 6) is -1.53. The second kappa shape index (κ2) is 5.57. The molecule has 4 nitrogen and oxygen atoms in total. The topological polar surface area (TPSA) is 69.2 Å². The van der Waals surface area contributed by atoms with Crippen LogP contribution in [0.2, 0.25) is 0 Å². The molecule has 0 bridgehead atoms. The number of carboxylic acid groups (broad SMARTS) is 1. The molecule has 0 heterocycles. The molecule has 2 aromatic rings. The summed E-state index contributed by atoms with van der Waals surface area (Å²) in [7, 11) is 0. The summed E-state index contributed by atoms with van der Waals surface area (Å²) in [6.45, 7) is 3.54. The SMILES string of the molecule is Cc1cccc(C(=O)Nc2cccc(C(=O)[O-])c2C)c1. The van der Waals surface area contributed by atoms with Crippen molar-refractivity contribution in [2.24, 2.45) is 0 Å². The molecule has 2 rings (SSSR count). The first-order chi connectivity index (χ1) is 9.49. The number of carboxylic acids is 1. The lowest BCUT2D eigenvalue weighted by molar-refractivity contribution is -0.255. The Labute approximate surface area is 117 Å². The first-order valence-corrected chi connectivity index (χ1v) is 6.18. The fourth-order valence-electron chi connectivity index (χ4n) is 1.97. The number of nitrogens with one attached hydrogen (secondary N) is 1. The Kier molecular flexibility index (Phi) is 3.84. The van der Waals surface area contributed by atoms with E-state index in [0.29, 0.717) is 16.8 Å². The first kappa shape index (κ1) is 13.8. The van der Waals surface area contributed by atoms with Crippen LogP contribution in [0, 0.1) is 13.8 Å². The summed E-state index contributed by atoms with van der Waals surface area (Å²) >= 11 is 0. The van der Waals surface area contributed by atoms with Crippen LogP contribution in [0.4, 0.5) is 5.69 Å². The molecule has 0 unspecified atom stereocenters. The van der Waals surface area contributed by atoms with Crippen molar-refractivity contribution in [2.75, 3.05) is 5.32 Å². The minimum absolute atomic E-state index is 0.0760. The van der Waals surface area contributed by atoms with Crippen LogP contribution < -0.4 is 10.4 Å². The van der Waals surface area contributed by atoms with Gasteiger partial charge in [0.05, 0.1) is 5.97 Å². The van der Waals surface area contributed by atoms with Crippen molar-refractivity contribution < 1.29 is 14.7 Å². The maximum atomic E-state index is 12.1. The van der Waals surface area contributed by atoms with Crippen molar-refractivity contribution in [1.82, 2.24) is 0 Å². The van der Waals surface area contributed by atoms with E-state index in [9.17, 15) is 14.7 Å². The van der Waals surface area contributed by atoms with Gasteiger partial charge in [-0.1, -0.05) is 29.8 Å². The van der Waals surface area contributed by atoms with E-state index in [1.54, 1.807) is 37.3 Å². The largest absolute Gasteiger partial charge is 0.545 e. The molecule has 0 saturated carbocycles. The highest BCUT2D eigenvalue weighted by molar-refractivity contribution is 6.05. The van der Waals surface area contributed by atoms with Crippen LogP contribution in [-0.4, -0.2) is 11.9 Å². The lowest BCUT2D eigenvalue weighted by Gasteiger charge is -2.13. The van der Waals surface area contributed by atoms with Crippen LogP contribution in [0.3, 0.4) is 0 Å². The van der Waals surface area contributed by atoms with Gasteiger partial charge in [0.1, 0.15) is 0 Å². The van der Waals surface area contributed by atoms with Gasteiger partial charge in [-0.2, -0.15) is 0 Å². The van der Waals surface area contributed by atoms with Crippen LogP contribution in [0.1, 0.15) is 31.8 Å². The van der Waals surface area contributed by atoms with Gasteiger partial charge in [0.2, 0.25) is 0 Å². The van der Waals surface area contributed by atoms with Crippen LogP contribution in [0.5, 0.6) is 0 Å².